The lowest BCUT2D eigenvalue weighted by Crippen LogP contribution is -2.32. The van der Waals surface area contributed by atoms with E-state index in [4.69, 9.17) is 0 Å². The maximum atomic E-state index is 13.2. The summed E-state index contributed by atoms with van der Waals surface area (Å²) in [6.45, 7) is -0.0227. The summed E-state index contributed by atoms with van der Waals surface area (Å²) in [4.78, 5) is 16.7. The second-order valence-corrected chi connectivity index (χ2v) is 6.57. The Bertz CT molecular complexity index is 955. The molecule has 2 amide bonds. The molecule has 0 unspecified atom stereocenters. The average Bonchev–Trinajstić information content (AvgIpc) is 3.01. The number of carbonyl (C=O) groups is 1. The largest absolute Gasteiger partial charge is 0.449 e. The fraction of sp³-hybridized carbons (Fsp3) is 0.222. The maximum Gasteiger partial charge on any atom is 0.449 e. The molecule has 1 heterocycles. The third-order valence-corrected chi connectivity index (χ3v) is 4.58. The van der Waals surface area contributed by atoms with E-state index in [9.17, 15) is 18.0 Å². The van der Waals surface area contributed by atoms with E-state index < -0.39 is 18.0 Å². The van der Waals surface area contributed by atoms with E-state index in [1.807, 2.05) is 24.5 Å². The highest BCUT2D eigenvalue weighted by molar-refractivity contribution is 7.98. The molecule has 0 spiro atoms. The van der Waals surface area contributed by atoms with Crippen molar-refractivity contribution in [3.05, 3.63) is 54.4 Å². The van der Waals surface area contributed by atoms with Crippen LogP contribution in [0.25, 0.3) is 11.0 Å². The first-order valence-electron chi connectivity index (χ1n) is 8.10. The Kier molecular flexibility index (Phi) is 5.59. The molecule has 9 heteroatoms. The lowest BCUT2D eigenvalue weighted by Gasteiger charge is -2.12. The quantitative estimate of drug-likeness (QED) is 0.622. The van der Waals surface area contributed by atoms with Gasteiger partial charge in [-0.05, 0) is 36.6 Å². The van der Waals surface area contributed by atoms with Gasteiger partial charge in [-0.1, -0.05) is 18.2 Å². The number of fused-ring (bicyclic) bond motifs is 1. The van der Waals surface area contributed by atoms with E-state index in [0.717, 1.165) is 9.46 Å². The number of thioether (sulfide) groups is 1. The Morgan fingerprint density at radius 2 is 1.96 bits per heavy atom. The van der Waals surface area contributed by atoms with E-state index in [-0.39, 0.29) is 18.6 Å². The molecule has 3 aromatic rings. The number of benzene rings is 2. The van der Waals surface area contributed by atoms with Gasteiger partial charge in [0.05, 0.1) is 11.0 Å². The number of urea groups is 1. The van der Waals surface area contributed by atoms with Crippen LogP contribution in [0.5, 0.6) is 0 Å². The Morgan fingerprint density at radius 1 is 1.19 bits per heavy atom. The molecular formula is C18H17F3N4OS. The van der Waals surface area contributed by atoms with Gasteiger partial charge < -0.3 is 15.2 Å². The van der Waals surface area contributed by atoms with Crippen LogP contribution in [0.4, 0.5) is 23.7 Å². The average molecular weight is 394 g/mol. The number of amides is 2. The number of rotatable bonds is 5. The van der Waals surface area contributed by atoms with Gasteiger partial charge >= 0.3 is 12.2 Å². The molecule has 0 fully saturated rings. The van der Waals surface area contributed by atoms with Crippen molar-refractivity contribution in [3.63, 3.8) is 0 Å². The number of hydrogen-bond acceptors (Lipinski definition) is 3. The van der Waals surface area contributed by atoms with Gasteiger partial charge in [0, 0.05) is 23.7 Å². The van der Waals surface area contributed by atoms with E-state index >= 15 is 0 Å². The zero-order valence-electron chi connectivity index (χ0n) is 14.4. The number of halogens is 3. The smallest absolute Gasteiger partial charge is 0.336 e. The molecule has 0 bridgehead atoms. The molecule has 0 saturated carbocycles. The first kappa shape index (κ1) is 19.1. The van der Waals surface area contributed by atoms with Crippen molar-refractivity contribution < 1.29 is 18.0 Å². The Labute approximate surface area is 158 Å². The van der Waals surface area contributed by atoms with E-state index in [2.05, 4.69) is 15.6 Å². The van der Waals surface area contributed by atoms with Crippen LogP contribution >= 0.6 is 11.8 Å². The van der Waals surface area contributed by atoms with Crippen molar-refractivity contribution in [2.24, 2.45) is 0 Å². The number of para-hydroxylation sites is 2. The minimum absolute atomic E-state index is 0.0253. The number of carbonyl (C=O) groups excluding carboxylic acids is 1. The molecule has 2 N–H and O–H groups in total. The fourth-order valence-corrected chi connectivity index (χ4v) is 3.14. The summed E-state index contributed by atoms with van der Waals surface area (Å²) in [7, 11) is 0. The maximum absolute atomic E-state index is 13.2. The lowest BCUT2D eigenvalue weighted by atomic mass is 10.3. The molecule has 142 valence electrons. The van der Waals surface area contributed by atoms with E-state index in [0.29, 0.717) is 11.2 Å². The number of hydrogen-bond donors (Lipinski definition) is 2. The minimum Gasteiger partial charge on any atom is -0.336 e. The van der Waals surface area contributed by atoms with Crippen LogP contribution in [0.3, 0.4) is 0 Å². The van der Waals surface area contributed by atoms with Crippen LogP contribution < -0.4 is 10.6 Å². The number of aromatic nitrogens is 2. The second-order valence-electron chi connectivity index (χ2n) is 5.69. The molecule has 3 rings (SSSR count). The molecule has 0 radical (unpaired) electrons. The van der Waals surface area contributed by atoms with Crippen LogP contribution in [0, 0.1) is 0 Å². The van der Waals surface area contributed by atoms with E-state index in [1.54, 1.807) is 36.0 Å². The number of alkyl halides is 3. The SMILES string of the molecule is CSc1cccc(NC(=O)NCCn2c(C(F)(F)F)nc3ccccc32)c1. The fourth-order valence-electron chi connectivity index (χ4n) is 2.68. The first-order valence-corrected chi connectivity index (χ1v) is 9.32. The van der Waals surface area contributed by atoms with Gasteiger partial charge in [0.15, 0.2) is 0 Å². The zero-order chi connectivity index (χ0) is 19.4. The van der Waals surface area contributed by atoms with Crippen molar-refractivity contribution >= 4 is 34.5 Å². The predicted octanol–water partition coefficient (Wildman–Crippen LogP) is 4.60. The predicted molar refractivity (Wildman–Crippen MR) is 100.0 cm³/mol. The van der Waals surface area contributed by atoms with Gasteiger partial charge in [0.1, 0.15) is 0 Å². The molecule has 0 aliphatic heterocycles. The summed E-state index contributed by atoms with van der Waals surface area (Å²) in [6.07, 6.45) is -2.65. The minimum atomic E-state index is -4.57. The highest BCUT2D eigenvalue weighted by Crippen LogP contribution is 2.31. The summed E-state index contributed by atoms with van der Waals surface area (Å²) in [5, 5.41) is 5.25. The third-order valence-electron chi connectivity index (χ3n) is 3.86. The van der Waals surface area contributed by atoms with Gasteiger partial charge in [-0.25, -0.2) is 9.78 Å². The summed E-state index contributed by atoms with van der Waals surface area (Å²) >= 11 is 1.54. The Balaban J connectivity index is 1.67. The first-order chi connectivity index (χ1) is 12.9. The number of imidazole rings is 1. The van der Waals surface area contributed by atoms with Crippen LogP contribution in [0.15, 0.2) is 53.4 Å². The lowest BCUT2D eigenvalue weighted by molar-refractivity contribution is -0.146. The van der Waals surface area contributed by atoms with Crippen molar-refractivity contribution in [1.82, 2.24) is 14.9 Å². The van der Waals surface area contributed by atoms with Crippen molar-refractivity contribution in [2.75, 3.05) is 18.1 Å². The van der Waals surface area contributed by atoms with Gasteiger partial charge in [-0.3, -0.25) is 0 Å². The summed E-state index contributed by atoms with van der Waals surface area (Å²) in [6, 6.07) is 13.2. The molecule has 0 atom stereocenters. The Hall–Kier alpha value is -2.68. The topological polar surface area (TPSA) is 59.0 Å². The monoisotopic (exact) mass is 394 g/mol. The van der Waals surface area contributed by atoms with E-state index in [1.165, 1.54) is 6.07 Å². The Morgan fingerprint density at radius 3 is 2.70 bits per heavy atom. The summed E-state index contributed by atoms with van der Waals surface area (Å²) in [5.74, 6) is -0.974. The summed E-state index contributed by atoms with van der Waals surface area (Å²) in [5.41, 5.74) is 1.26. The van der Waals surface area contributed by atoms with Crippen LogP contribution in [-0.2, 0) is 12.7 Å². The van der Waals surface area contributed by atoms with Crippen molar-refractivity contribution in [1.29, 1.82) is 0 Å². The number of nitrogens with one attached hydrogen (secondary N) is 2. The van der Waals surface area contributed by atoms with Gasteiger partial charge in [0.25, 0.3) is 0 Å². The number of anilines is 1. The van der Waals surface area contributed by atoms with Crippen LogP contribution in [0.1, 0.15) is 5.82 Å². The normalized spacial score (nSPS) is 11.6. The zero-order valence-corrected chi connectivity index (χ0v) is 15.2. The molecule has 1 aromatic heterocycles. The highest BCUT2D eigenvalue weighted by Gasteiger charge is 2.37. The standard InChI is InChI=1S/C18H17F3N4OS/c1-27-13-6-4-5-12(11-13)23-17(26)22-9-10-25-15-8-3-2-7-14(15)24-16(25)18(19,20)21/h2-8,11H,9-10H2,1H3,(H2,22,23,26). The number of nitrogens with zero attached hydrogens (tertiary/aromatic N) is 2. The molecule has 5 nitrogen and oxygen atoms in total. The molecule has 27 heavy (non-hydrogen) atoms. The summed E-state index contributed by atoms with van der Waals surface area (Å²) < 4.78 is 40.8. The van der Waals surface area contributed by atoms with Gasteiger partial charge in [0.2, 0.25) is 5.82 Å². The van der Waals surface area contributed by atoms with Gasteiger partial charge in [-0.15, -0.1) is 11.8 Å². The second kappa shape index (κ2) is 7.91. The molecule has 0 aliphatic rings. The van der Waals surface area contributed by atoms with Gasteiger partial charge in [-0.2, -0.15) is 13.2 Å². The molecule has 0 aliphatic carbocycles. The van der Waals surface area contributed by atoms with Crippen molar-refractivity contribution in [2.45, 2.75) is 17.6 Å². The highest BCUT2D eigenvalue weighted by atomic mass is 32.2. The third kappa shape index (κ3) is 4.54. The molecular weight excluding hydrogens is 377 g/mol. The van der Waals surface area contributed by atoms with Crippen LogP contribution in [-0.4, -0.2) is 28.4 Å². The molecule has 0 saturated heterocycles. The molecule has 2 aromatic carbocycles. The van der Waals surface area contributed by atoms with Crippen molar-refractivity contribution in [3.8, 4) is 0 Å². The van der Waals surface area contributed by atoms with Crippen LogP contribution in [0.2, 0.25) is 0 Å².